The summed E-state index contributed by atoms with van der Waals surface area (Å²) in [4.78, 5) is 15.7. The summed E-state index contributed by atoms with van der Waals surface area (Å²) in [6.07, 6.45) is 0. The molecule has 2 aromatic carbocycles. The molecule has 0 aliphatic carbocycles. The molecule has 3 rings (SSSR count). The second-order valence-corrected chi connectivity index (χ2v) is 8.66. The Labute approximate surface area is 162 Å². The van der Waals surface area contributed by atoms with Crippen molar-refractivity contribution in [3.8, 4) is 0 Å². The van der Waals surface area contributed by atoms with Crippen LogP contribution >= 0.6 is 0 Å². The van der Waals surface area contributed by atoms with Gasteiger partial charge >= 0.3 is 5.76 Å². The minimum atomic E-state index is -4.68. The molecule has 0 saturated carbocycles. The molecule has 9 heteroatoms. The highest BCUT2D eigenvalue weighted by Gasteiger charge is 2.26. The van der Waals surface area contributed by atoms with E-state index < -0.39 is 26.4 Å². The van der Waals surface area contributed by atoms with E-state index in [1.165, 1.54) is 17.0 Å². The van der Waals surface area contributed by atoms with E-state index in [1.807, 2.05) is 18.2 Å². The van der Waals surface area contributed by atoms with Gasteiger partial charge in [-0.25, -0.2) is 8.42 Å². The normalized spacial score (nSPS) is 15.6. The highest BCUT2D eigenvalue weighted by molar-refractivity contribution is 7.91. The largest absolute Gasteiger partial charge is 0.359 e. The Bertz CT molecular complexity index is 941. The number of amides is 1. The molecule has 0 radical (unpaired) electrons. The Kier molecular flexibility index (Phi) is 5.95. The van der Waals surface area contributed by atoms with Crippen LogP contribution < -0.4 is 15.1 Å². The standard InChI is InChI=1S/C19H21F2N3O3S/c1-23-10-12-24(13-11-23)17-5-3-2-4-16(17)22-18(25)14-6-8-15(9-7-14)28(26,27)19(20)21/h2-9,19H,10-13H2,1H3,(H,22,25)/p+1. The maximum Gasteiger partial charge on any atom is 0.341 e. The molecule has 2 N–H and O–H groups in total. The third kappa shape index (κ3) is 4.31. The summed E-state index contributed by atoms with van der Waals surface area (Å²) in [5.74, 6) is -3.93. The summed E-state index contributed by atoms with van der Waals surface area (Å²) in [6.45, 7) is 3.75. The maximum absolute atomic E-state index is 12.6. The first-order chi connectivity index (χ1) is 13.3. The van der Waals surface area contributed by atoms with Gasteiger partial charge in [-0.05, 0) is 36.4 Å². The molecule has 6 nitrogen and oxygen atoms in total. The lowest BCUT2D eigenvalue weighted by atomic mass is 10.2. The van der Waals surface area contributed by atoms with Crippen LogP contribution in [0.15, 0.2) is 53.4 Å². The highest BCUT2D eigenvalue weighted by Crippen LogP contribution is 2.26. The zero-order valence-electron chi connectivity index (χ0n) is 15.4. The molecule has 1 aliphatic rings. The van der Waals surface area contributed by atoms with E-state index in [0.717, 1.165) is 44.0 Å². The Balaban J connectivity index is 1.77. The number of benzene rings is 2. The summed E-state index contributed by atoms with van der Waals surface area (Å²) in [5.41, 5.74) is 1.75. The number of hydrogen-bond donors (Lipinski definition) is 2. The lowest BCUT2D eigenvalue weighted by molar-refractivity contribution is -0.880. The number of halogens is 2. The summed E-state index contributed by atoms with van der Waals surface area (Å²) in [6, 6.07) is 12.0. The van der Waals surface area contributed by atoms with Crippen LogP contribution in [0.5, 0.6) is 0 Å². The molecule has 1 saturated heterocycles. The minimum Gasteiger partial charge on any atom is -0.359 e. The molecular formula is C19H22F2N3O3S+. The molecule has 0 unspecified atom stereocenters. The van der Waals surface area contributed by atoms with Crippen LogP contribution in [0.4, 0.5) is 20.2 Å². The van der Waals surface area contributed by atoms with Crippen LogP contribution in [-0.4, -0.2) is 53.3 Å². The van der Waals surface area contributed by atoms with Crippen molar-refractivity contribution in [1.29, 1.82) is 0 Å². The van der Waals surface area contributed by atoms with Crippen LogP contribution in [0.3, 0.4) is 0 Å². The smallest absolute Gasteiger partial charge is 0.341 e. The van der Waals surface area contributed by atoms with Crippen molar-refractivity contribution in [2.24, 2.45) is 0 Å². The zero-order valence-corrected chi connectivity index (χ0v) is 16.2. The van der Waals surface area contributed by atoms with E-state index in [-0.39, 0.29) is 5.56 Å². The van der Waals surface area contributed by atoms with Crippen LogP contribution in [0.2, 0.25) is 0 Å². The fourth-order valence-corrected chi connectivity index (χ4v) is 3.80. The number of piperazine rings is 1. The van der Waals surface area contributed by atoms with E-state index >= 15 is 0 Å². The fourth-order valence-electron chi connectivity index (χ4n) is 3.08. The number of quaternary nitrogens is 1. The van der Waals surface area contributed by atoms with Gasteiger partial charge in [0, 0.05) is 5.56 Å². The predicted octanol–water partition coefficient (Wildman–Crippen LogP) is 1.27. The number of nitrogens with one attached hydrogen (secondary N) is 2. The Morgan fingerprint density at radius 1 is 1.07 bits per heavy atom. The van der Waals surface area contributed by atoms with E-state index in [4.69, 9.17) is 0 Å². The first-order valence-corrected chi connectivity index (χ1v) is 10.4. The quantitative estimate of drug-likeness (QED) is 0.779. The van der Waals surface area contributed by atoms with Gasteiger partial charge in [0.05, 0.1) is 49.5 Å². The molecular weight excluding hydrogens is 388 g/mol. The Hall–Kier alpha value is -2.52. The van der Waals surface area contributed by atoms with Crippen LogP contribution in [0.25, 0.3) is 0 Å². The number of rotatable bonds is 5. The molecule has 28 heavy (non-hydrogen) atoms. The van der Waals surface area contributed by atoms with Gasteiger partial charge in [0.2, 0.25) is 9.84 Å². The molecule has 0 bridgehead atoms. The molecule has 0 spiro atoms. The van der Waals surface area contributed by atoms with Gasteiger partial charge in [-0.1, -0.05) is 12.1 Å². The Morgan fingerprint density at radius 2 is 1.68 bits per heavy atom. The third-order valence-electron chi connectivity index (χ3n) is 4.79. The van der Waals surface area contributed by atoms with Crippen molar-refractivity contribution in [2.45, 2.75) is 10.7 Å². The maximum atomic E-state index is 12.6. The molecule has 0 atom stereocenters. The van der Waals surface area contributed by atoms with Crippen molar-refractivity contribution in [1.82, 2.24) is 0 Å². The number of carbonyl (C=O) groups is 1. The average Bonchev–Trinajstić information content (AvgIpc) is 2.69. The second kappa shape index (κ2) is 8.24. The lowest BCUT2D eigenvalue weighted by Crippen LogP contribution is -3.12. The zero-order chi connectivity index (χ0) is 20.3. The Morgan fingerprint density at radius 3 is 2.29 bits per heavy atom. The number of para-hydroxylation sites is 2. The number of alkyl halides is 2. The monoisotopic (exact) mass is 410 g/mol. The summed E-state index contributed by atoms with van der Waals surface area (Å²) in [7, 11) is -2.54. The topological polar surface area (TPSA) is 70.9 Å². The van der Waals surface area contributed by atoms with Gasteiger partial charge in [-0.15, -0.1) is 0 Å². The van der Waals surface area contributed by atoms with Crippen molar-refractivity contribution in [2.75, 3.05) is 43.4 Å². The SMILES string of the molecule is C[NH+]1CCN(c2ccccc2NC(=O)c2ccc(S(=O)(=O)C(F)F)cc2)CC1. The second-order valence-electron chi connectivity index (χ2n) is 6.75. The van der Waals surface area contributed by atoms with E-state index in [9.17, 15) is 22.0 Å². The molecule has 1 aliphatic heterocycles. The number of nitrogens with zero attached hydrogens (tertiary/aromatic N) is 1. The number of anilines is 2. The molecule has 1 fully saturated rings. The first kappa shape index (κ1) is 20.2. The van der Waals surface area contributed by atoms with Crippen molar-refractivity contribution < 1.29 is 26.9 Å². The molecule has 150 valence electrons. The van der Waals surface area contributed by atoms with Crippen LogP contribution in [-0.2, 0) is 9.84 Å². The van der Waals surface area contributed by atoms with Crippen LogP contribution in [0, 0.1) is 0 Å². The van der Waals surface area contributed by atoms with E-state index in [1.54, 1.807) is 6.07 Å². The summed E-state index contributed by atoms with van der Waals surface area (Å²) < 4.78 is 48.2. The van der Waals surface area contributed by atoms with Crippen molar-refractivity contribution in [3.05, 3.63) is 54.1 Å². The van der Waals surface area contributed by atoms with Gasteiger partial charge in [0.25, 0.3) is 5.91 Å². The van der Waals surface area contributed by atoms with Gasteiger partial charge in [0.1, 0.15) is 0 Å². The van der Waals surface area contributed by atoms with E-state index in [2.05, 4.69) is 17.3 Å². The number of likely N-dealkylation sites (N-methyl/N-ethyl adjacent to an activating group) is 1. The van der Waals surface area contributed by atoms with Gasteiger partial charge in [0.15, 0.2) is 0 Å². The van der Waals surface area contributed by atoms with Crippen LogP contribution in [0.1, 0.15) is 10.4 Å². The number of sulfone groups is 1. The molecule has 0 aromatic heterocycles. The minimum absolute atomic E-state index is 0.186. The molecule has 1 heterocycles. The summed E-state index contributed by atoms with van der Waals surface area (Å²) in [5, 5.41) is 2.83. The summed E-state index contributed by atoms with van der Waals surface area (Å²) >= 11 is 0. The molecule has 2 aromatic rings. The first-order valence-electron chi connectivity index (χ1n) is 8.88. The average molecular weight is 410 g/mol. The van der Waals surface area contributed by atoms with Gasteiger partial charge in [-0.3, -0.25) is 4.79 Å². The van der Waals surface area contributed by atoms with Gasteiger partial charge in [-0.2, -0.15) is 8.78 Å². The predicted molar refractivity (Wildman–Crippen MR) is 103 cm³/mol. The van der Waals surface area contributed by atoms with E-state index in [0.29, 0.717) is 5.69 Å². The number of carbonyl (C=O) groups excluding carboxylic acids is 1. The fraction of sp³-hybridized carbons (Fsp3) is 0.316. The van der Waals surface area contributed by atoms with Gasteiger partial charge < -0.3 is 15.1 Å². The molecule has 1 amide bonds. The third-order valence-corrected chi connectivity index (χ3v) is 6.19. The highest BCUT2D eigenvalue weighted by atomic mass is 32.2. The number of hydrogen-bond acceptors (Lipinski definition) is 4. The lowest BCUT2D eigenvalue weighted by Gasteiger charge is -2.33. The van der Waals surface area contributed by atoms with Crippen molar-refractivity contribution >= 4 is 27.1 Å². The van der Waals surface area contributed by atoms with Crippen molar-refractivity contribution in [3.63, 3.8) is 0 Å².